The third-order valence-corrected chi connectivity index (χ3v) is 4.62. The quantitative estimate of drug-likeness (QED) is 0.861. The van der Waals surface area contributed by atoms with Gasteiger partial charge in [0.1, 0.15) is 0 Å². The molecule has 0 saturated carbocycles. The minimum Gasteiger partial charge on any atom is -0.376 e. The maximum absolute atomic E-state index is 12.7. The van der Waals surface area contributed by atoms with Gasteiger partial charge in [0.05, 0.1) is 11.6 Å². The molecule has 1 fully saturated rings. The van der Waals surface area contributed by atoms with E-state index in [0.717, 1.165) is 4.90 Å². The monoisotopic (exact) mass is 383 g/mol. The number of nitriles is 1. The number of alkyl halides is 3. The first kappa shape index (κ1) is 20.7. The van der Waals surface area contributed by atoms with Gasteiger partial charge in [0, 0.05) is 31.2 Å². The summed E-state index contributed by atoms with van der Waals surface area (Å²) < 4.78 is 37.5. The Bertz CT molecular complexity index is 720. The van der Waals surface area contributed by atoms with E-state index >= 15 is 0 Å². The molecule has 1 atom stereocenters. The molecule has 0 bridgehead atoms. The lowest BCUT2D eigenvalue weighted by atomic mass is 10.0. The standard InChI is InChI=1S/C18H20F3N3O3/c1-2-24(16(26)13-5-3-12(11-22)4-6-13)14-7-9-23(10-8-14)17(27)15(25)18(19,20)21/h3-6,14-15,25H,2,7-10H2,1H3/t15-/m1/s1. The number of nitrogens with zero attached hydrogens (tertiary/aromatic N) is 3. The molecule has 9 heteroatoms. The summed E-state index contributed by atoms with van der Waals surface area (Å²) in [6.45, 7) is 2.27. The molecule has 1 aliphatic heterocycles. The molecule has 1 heterocycles. The van der Waals surface area contributed by atoms with Crippen molar-refractivity contribution in [2.24, 2.45) is 0 Å². The molecule has 1 N–H and O–H groups in total. The van der Waals surface area contributed by atoms with Crippen LogP contribution in [0.15, 0.2) is 24.3 Å². The number of likely N-dealkylation sites (tertiary alicyclic amines) is 1. The normalized spacial score (nSPS) is 16.5. The Hall–Kier alpha value is -2.60. The van der Waals surface area contributed by atoms with E-state index in [-0.39, 0.29) is 25.0 Å². The SMILES string of the molecule is CCN(C(=O)c1ccc(C#N)cc1)C1CCN(C(=O)[C@@H](O)C(F)(F)F)CC1. The minimum atomic E-state index is -4.99. The fraction of sp³-hybridized carbons (Fsp3) is 0.500. The van der Waals surface area contributed by atoms with E-state index in [0.29, 0.717) is 30.5 Å². The summed E-state index contributed by atoms with van der Waals surface area (Å²) in [5, 5.41) is 17.9. The minimum absolute atomic E-state index is 0.0355. The predicted molar refractivity (Wildman–Crippen MR) is 89.5 cm³/mol. The van der Waals surface area contributed by atoms with Crippen molar-refractivity contribution in [3.05, 3.63) is 35.4 Å². The summed E-state index contributed by atoms with van der Waals surface area (Å²) in [5.74, 6) is -1.59. The van der Waals surface area contributed by atoms with Crippen molar-refractivity contribution in [3.63, 3.8) is 0 Å². The second kappa shape index (κ2) is 8.39. The lowest BCUT2D eigenvalue weighted by Crippen LogP contribution is -2.53. The van der Waals surface area contributed by atoms with Crippen LogP contribution in [0.3, 0.4) is 0 Å². The first-order valence-electron chi connectivity index (χ1n) is 8.53. The average molecular weight is 383 g/mol. The lowest BCUT2D eigenvalue weighted by molar-refractivity contribution is -0.211. The highest BCUT2D eigenvalue weighted by atomic mass is 19.4. The van der Waals surface area contributed by atoms with Crippen molar-refractivity contribution in [1.82, 2.24) is 9.80 Å². The Morgan fingerprint density at radius 1 is 1.30 bits per heavy atom. The van der Waals surface area contributed by atoms with E-state index in [4.69, 9.17) is 10.4 Å². The molecule has 27 heavy (non-hydrogen) atoms. The molecule has 0 aromatic heterocycles. The van der Waals surface area contributed by atoms with E-state index < -0.39 is 18.2 Å². The van der Waals surface area contributed by atoms with Gasteiger partial charge in [-0.2, -0.15) is 18.4 Å². The number of halogens is 3. The van der Waals surface area contributed by atoms with Gasteiger partial charge < -0.3 is 14.9 Å². The number of piperidine rings is 1. The zero-order chi connectivity index (χ0) is 20.2. The fourth-order valence-electron chi connectivity index (χ4n) is 3.13. The maximum Gasteiger partial charge on any atom is 0.423 e. The molecular formula is C18H20F3N3O3. The van der Waals surface area contributed by atoms with E-state index in [2.05, 4.69) is 0 Å². The molecule has 146 valence electrons. The third-order valence-electron chi connectivity index (χ3n) is 4.62. The number of amides is 2. The number of carbonyl (C=O) groups excluding carboxylic acids is 2. The summed E-state index contributed by atoms with van der Waals surface area (Å²) in [6, 6.07) is 7.95. The highest BCUT2D eigenvalue weighted by Crippen LogP contribution is 2.24. The van der Waals surface area contributed by atoms with E-state index in [1.165, 1.54) is 0 Å². The Balaban J connectivity index is 2.01. The van der Waals surface area contributed by atoms with Crippen molar-refractivity contribution in [3.8, 4) is 6.07 Å². The number of aliphatic hydroxyl groups is 1. The van der Waals surface area contributed by atoms with Gasteiger partial charge in [-0.1, -0.05) is 0 Å². The first-order chi connectivity index (χ1) is 12.7. The van der Waals surface area contributed by atoms with Crippen molar-refractivity contribution in [2.45, 2.75) is 38.1 Å². The van der Waals surface area contributed by atoms with Crippen molar-refractivity contribution >= 4 is 11.8 Å². The van der Waals surface area contributed by atoms with Crippen LogP contribution in [-0.4, -0.2) is 64.7 Å². The largest absolute Gasteiger partial charge is 0.423 e. The molecule has 1 aliphatic rings. The fourth-order valence-corrected chi connectivity index (χ4v) is 3.13. The van der Waals surface area contributed by atoms with Crippen LogP contribution in [0, 0.1) is 11.3 Å². The summed E-state index contributed by atoms with van der Waals surface area (Å²) >= 11 is 0. The Morgan fingerprint density at radius 3 is 2.30 bits per heavy atom. The lowest BCUT2D eigenvalue weighted by Gasteiger charge is -2.38. The molecule has 0 spiro atoms. The molecule has 0 unspecified atom stereocenters. The number of hydrogen-bond donors (Lipinski definition) is 1. The number of carbonyl (C=O) groups is 2. The second-order valence-electron chi connectivity index (χ2n) is 6.28. The first-order valence-corrected chi connectivity index (χ1v) is 8.53. The molecule has 6 nitrogen and oxygen atoms in total. The molecule has 1 aromatic rings. The van der Waals surface area contributed by atoms with Crippen LogP contribution in [0.1, 0.15) is 35.7 Å². The van der Waals surface area contributed by atoms with Crippen LogP contribution in [-0.2, 0) is 4.79 Å². The summed E-state index contributed by atoms with van der Waals surface area (Å²) in [5.41, 5.74) is 0.853. The van der Waals surface area contributed by atoms with Gasteiger partial charge in [0.15, 0.2) is 0 Å². The van der Waals surface area contributed by atoms with Crippen LogP contribution >= 0.6 is 0 Å². The number of rotatable bonds is 4. The number of aliphatic hydroxyl groups excluding tert-OH is 1. The molecule has 1 saturated heterocycles. The van der Waals surface area contributed by atoms with Crippen LogP contribution in [0.2, 0.25) is 0 Å². The van der Waals surface area contributed by atoms with E-state index in [9.17, 15) is 22.8 Å². The van der Waals surface area contributed by atoms with Gasteiger partial charge in [-0.3, -0.25) is 9.59 Å². The summed E-state index contributed by atoms with van der Waals surface area (Å²) in [7, 11) is 0. The zero-order valence-corrected chi connectivity index (χ0v) is 14.7. The van der Waals surface area contributed by atoms with Gasteiger partial charge in [-0.25, -0.2) is 0 Å². The molecule has 0 radical (unpaired) electrons. The molecular weight excluding hydrogens is 363 g/mol. The molecule has 2 rings (SSSR count). The van der Waals surface area contributed by atoms with Crippen LogP contribution in [0.25, 0.3) is 0 Å². The Labute approximate surface area is 154 Å². The molecule has 0 aliphatic carbocycles. The second-order valence-corrected chi connectivity index (χ2v) is 6.28. The van der Waals surface area contributed by atoms with Crippen LogP contribution < -0.4 is 0 Å². The van der Waals surface area contributed by atoms with Gasteiger partial charge in [-0.15, -0.1) is 0 Å². The Kier molecular flexibility index (Phi) is 6.44. The average Bonchev–Trinajstić information content (AvgIpc) is 2.67. The van der Waals surface area contributed by atoms with Crippen molar-refractivity contribution in [1.29, 1.82) is 5.26 Å². The van der Waals surface area contributed by atoms with Crippen LogP contribution in [0.5, 0.6) is 0 Å². The van der Waals surface area contributed by atoms with E-state index in [1.807, 2.05) is 6.07 Å². The predicted octanol–water partition coefficient (Wildman–Crippen LogP) is 1.93. The highest BCUT2D eigenvalue weighted by Gasteiger charge is 2.46. The van der Waals surface area contributed by atoms with Crippen LogP contribution in [0.4, 0.5) is 13.2 Å². The van der Waals surface area contributed by atoms with Gasteiger partial charge in [-0.05, 0) is 44.0 Å². The zero-order valence-electron chi connectivity index (χ0n) is 14.7. The number of benzene rings is 1. The topological polar surface area (TPSA) is 84.6 Å². The summed E-state index contributed by atoms with van der Waals surface area (Å²) in [6.07, 6.45) is -7.36. The third kappa shape index (κ3) is 4.77. The molecule has 2 amide bonds. The molecule has 1 aromatic carbocycles. The van der Waals surface area contributed by atoms with Gasteiger partial charge in [0.25, 0.3) is 11.8 Å². The smallest absolute Gasteiger partial charge is 0.376 e. The van der Waals surface area contributed by atoms with Gasteiger partial charge in [0.2, 0.25) is 6.10 Å². The van der Waals surface area contributed by atoms with E-state index in [1.54, 1.807) is 36.1 Å². The van der Waals surface area contributed by atoms with Gasteiger partial charge >= 0.3 is 6.18 Å². The number of hydrogen-bond acceptors (Lipinski definition) is 4. The maximum atomic E-state index is 12.7. The summed E-state index contributed by atoms with van der Waals surface area (Å²) in [4.78, 5) is 27.1. The Morgan fingerprint density at radius 2 is 1.85 bits per heavy atom. The van der Waals surface area contributed by atoms with Crippen molar-refractivity contribution < 1.29 is 27.9 Å². The van der Waals surface area contributed by atoms with Crippen molar-refractivity contribution in [2.75, 3.05) is 19.6 Å². The highest BCUT2D eigenvalue weighted by molar-refractivity contribution is 5.94.